The largest absolute Gasteiger partial charge is 0.356 e. The van der Waals surface area contributed by atoms with E-state index in [2.05, 4.69) is 25.9 Å². The molecule has 1 aromatic carbocycles. The van der Waals surface area contributed by atoms with Crippen LogP contribution in [0.3, 0.4) is 0 Å². The highest BCUT2D eigenvalue weighted by molar-refractivity contribution is 5.97. The van der Waals surface area contributed by atoms with Crippen LogP contribution in [0.1, 0.15) is 50.7 Å². The molecule has 0 unspecified atom stereocenters. The molecule has 0 aliphatic carbocycles. The van der Waals surface area contributed by atoms with Crippen LogP contribution in [-0.4, -0.2) is 46.3 Å². The van der Waals surface area contributed by atoms with Gasteiger partial charge in [0.2, 0.25) is 11.8 Å². The van der Waals surface area contributed by atoms with Crippen molar-refractivity contribution in [3.05, 3.63) is 29.8 Å². The van der Waals surface area contributed by atoms with Gasteiger partial charge in [-0.1, -0.05) is 20.8 Å². The van der Waals surface area contributed by atoms with Gasteiger partial charge < -0.3 is 20.9 Å². The second kappa shape index (κ2) is 9.34. The second-order valence-electron chi connectivity index (χ2n) is 9.24. The van der Waals surface area contributed by atoms with Gasteiger partial charge in [0.1, 0.15) is 17.9 Å². The summed E-state index contributed by atoms with van der Waals surface area (Å²) >= 11 is 0. The van der Waals surface area contributed by atoms with Gasteiger partial charge >= 0.3 is 0 Å². The molecule has 4 N–H and O–H groups in total. The summed E-state index contributed by atoms with van der Waals surface area (Å²) in [6.07, 6.45) is 1.13. The molecule has 2 aromatic rings. The third-order valence-corrected chi connectivity index (χ3v) is 5.25. The average molecular weight is 442 g/mol. The molecule has 3 amide bonds. The van der Waals surface area contributed by atoms with Gasteiger partial charge in [-0.15, -0.1) is 0 Å². The van der Waals surface area contributed by atoms with Crippen molar-refractivity contribution in [2.24, 2.45) is 11.3 Å². The molecule has 2 heterocycles. The number of aromatic amines is 1. The van der Waals surface area contributed by atoms with Crippen molar-refractivity contribution in [2.45, 2.75) is 52.1 Å². The van der Waals surface area contributed by atoms with Gasteiger partial charge in [-0.2, -0.15) is 5.26 Å². The lowest BCUT2D eigenvalue weighted by Crippen LogP contribution is -2.51. The molecule has 0 bridgehead atoms. The van der Waals surface area contributed by atoms with Gasteiger partial charge in [0.25, 0.3) is 5.91 Å². The van der Waals surface area contributed by atoms with Crippen molar-refractivity contribution < 1.29 is 18.8 Å². The standard InChI is InChI=1S/C22H27FN6O3/c1-22(2,3)10-17(20(31)26-14(11-24)8-12-6-7-25-19(12)30)29-21(32)18-27-15-5-4-13(23)9-16(15)28-18/h4-5,9,12,14,17H,6-8,10H2,1-3H3,(H,25,30)(H,26,31)(H,27,28)(H,29,32)/t12-,14-,17-/m0/s1. The summed E-state index contributed by atoms with van der Waals surface area (Å²) in [4.78, 5) is 44.5. The van der Waals surface area contributed by atoms with Gasteiger partial charge in [0, 0.05) is 18.5 Å². The molecule has 0 saturated carbocycles. The van der Waals surface area contributed by atoms with Crippen LogP contribution in [0.4, 0.5) is 4.39 Å². The second-order valence-corrected chi connectivity index (χ2v) is 9.24. The molecule has 1 aliphatic rings. The number of aromatic nitrogens is 2. The maximum absolute atomic E-state index is 13.4. The van der Waals surface area contributed by atoms with E-state index in [1.54, 1.807) is 0 Å². The third kappa shape index (κ3) is 5.81. The predicted molar refractivity (Wildman–Crippen MR) is 115 cm³/mol. The maximum atomic E-state index is 13.4. The first-order valence-electron chi connectivity index (χ1n) is 10.5. The number of nitrogens with zero attached hydrogens (tertiary/aromatic N) is 2. The minimum Gasteiger partial charge on any atom is -0.356 e. The molecule has 9 nitrogen and oxygen atoms in total. The Labute approximate surface area is 185 Å². The highest BCUT2D eigenvalue weighted by Gasteiger charge is 2.32. The molecular formula is C22H27FN6O3. The lowest BCUT2D eigenvalue weighted by atomic mass is 9.87. The molecule has 3 rings (SSSR count). The quantitative estimate of drug-likeness (QED) is 0.517. The Morgan fingerprint density at radius 1 is 1.34 bits per heavy atom. The van der Waals surface area contributed by atoms with Crippen LogP contribution < -0.4 is 16.0 Å². The number of nitrogens with one attached hydrogen (secondary N) is 4. The molecule has 1 fully saturated rings. The monoisotopic (exact) mass is 442 g/mol. The molecule has 0 radical (unpaired) electrons. The topological polar surface area (TPSA) is 140 Å². The fraction of sp³-hybridized carbons (Fsp3) is 0.500. The number of carbonyl (C=O) groups is 3. The normalized spacial score (nSPS) is 18.0. The van der Waals surface area contributed by atoms with E-state index >= 15 is 0 Å². The van der Waals surface area contributed by atoms with Crippen molar-refractivity contribution in [2.75, 3.05) is 6.54 Å². The number of amides is 3. The highest BCUT2D eigenvalue weighted by Crippen LogP contribution is 2.22. The van der Waals surface area contributed by atoms with Crippen molar-refractivity contribution in [3.8, 4) is 6.07 Å². The molecule has 3 atom stereocenters. The summed E-state index contributed by atoms with van der Waals surface area (Å²) in [5, 5.41) is 17.5. The number of imidazole rings is 1. The lowest BCUT2D eigenvalue weighted by molar-refractivity contribution is -0.125. The van der Waals surface area contributed by atoms with Crippen molar-refractivity contribution in [1.29, 1.82) is 5.26 Å². The van der Waals surface area contributed by atoms with Gasteiger partial charge in [-0.3, -0.25) is 14.4 Å². The van der Waals surface area contributed by atoms with Crippen LogP contribution in [0.15, 0.2) is 18.2 Å². The Morgan fingerprint density at radius 3 is 2.72 bits per heavy atom. The van der Waals surface area contributed by atoms with E-state index in [1.807, 2.05) is 26.8 Å². The summed E-state index contributed by atoms with van der Waals surface area (Å²) in [5.41, 5.74) is 0.485. The van der Waals surface area contributed by atoms with Gasteiger partial charge in [-0.05, 0) is 36.8 Å². The van der Waals surface area contributed by atoms with Gasteiger partial charge in [-0.25, -0.2) is 9.37 Å². The number of rotatable bonds is 7. The summed E-state index contributed by atoms with van der Waals surface area (Å²) < 4.78 is 13.4. The van der Waals surface area contributed by atoms with Gasteiger partial charge in [0.05, 0.1) is 17.1 Å². The van der Waals surface area contributed by atoms with E-state index in [0.29, 0.717) is 30.4 Å². The number of fused-ring (bicyclic) bond motifs is 1. The van der Waals surface area contributed by atoms with Crippen LogP contribution in [0.2, 0.25) is 0 Å². The fourth-order valence-corrected chi connectivity index (χ4v) is 3.71. The highest BCUT2D eigenvalue weighted by atomic mass is 19.1. The number of nitriles is 1. The van der Waals surface area contributed by atoms with Crippen LogP contribution in [0, 0.1) is 28.5 Å². The lowest BCUT2D eigenvalue weighted by Gasteiger charge is -2.27. The number of halogens is 1. The Kier molecular flexibility index (Phi) is 6.77. The number of benzene rings is 1. The van der Waals surface area contributed by atoms with E-state index < -0.39 is 29.7 Å². The average Bonchev–Trinajstić information content (AvgIpc) is 3.31. The van der Waals surface area contributed by atoms with Crippen LogP contribution >= 0.6 is 0 Å². The van der Waals surface area contributed by atoms with Gasteiger partial charge in [0.15, 0.2) is 5.82 Å². The number of hydrogen-bond acceptors (Lipinski definition) is 5. The zero-order valence-electron chi connectivity index (χ0n) is 18.3. The summed E-state index contributed by atoms with van der Waals surface area (Å²) in [6.45, 7) is 6.33. The van der Waals surface area contributed by atoms with Crippen LogP contribution in [0.5, 0.6) is 0 Å². The van der Waals surface area contributed by atoms with Crippen molar-refractivity contribution in [3.63, 3.8) is 0 Å². The van der Waals surface area contributed by atoms with E-state index in [-0.39, 0.29) is 29.5 Å². The smallest absolute Gasteiger partial charge is 0.287 e. The Bertz CT molecular complexity index is 1070. The molecule has 170 valence electrons. The first kappa shape index (κ1) is 23.2. The first-order valence-corrected chi connectivity index (χ1v) is 10.5. The molecule has 1 saturated heterocycles. The summed E-state index contributed by atoms with van der Waals surface area (Å²) in [5.74, 6) is -2.10. The third-order valence-electron chi connectivity index (χ3n) is 5.25. The zero-order chi connectivity index (χ0) is 23.5. The zero-order valence-corrected chi connectivity index (χ0v) is 18.3. The number of H-pyrrole nitrogens is 1. The number of hydrogen-bond donors (Lipinski definition) is 4. The van der Waals surface area contributed by atoms with E-state index in [1.165, 1.54) is 18.2 Å². The molecule has 32 heavy (non-hydrogen) atoms. The first-order chi connectivity index (χ1) is 15.1. The minimum absolute atomic E-state index is 0.0447. The van der Waals surface area contributed by atoms with E-state index in [0.717, 1.165) is 0 Å². The molecular weight excluding hydrogens is 415 g/mol. The van der Waals surface area contributed by atoms with E-state index in [9.17, 15) is 24.0 Å². The molecule has 1 aromatic heterocycles. The van der Waals surface area contributed by atoms with Crippen molar-refractivity contribution >= 4 is 28.8 Å². The molecule has 0 spiro atoms. The summed E-state index contributed by atoms with van der Waals surface area (Å²) in [6, 6.07) is 4.18. The van der Waals surface area contributed by atoms with Crippen molar-refractivity contribution in [1.82, 2.24) is 25.9 Å². The summed E-state index contributed by atoms with van der Waals surface area (Å²) in [7, 11) is 0. The Balaban J connectivity index is 1.72. The fourth-order valence-electron chi connectivity index (χ4n) is 3.71. The number of carbonyl (C=O) groups excluding carboxylic acids is 3. The Morgan fingerprint density at radius 2 is 2.09 bits per heavy atom. The molecule has 1 aliphatic heterocycles. The molecule has 10 heteroatoms. The maximum Gasteiger partial charge on any atom is 0.287 e. The minimum atomic E-state index is -0.930. The predicted octanol–water partition coefficient (Wildman–Crippen LogP) is 1.77. The van der Waals surface area contributed by atoms with Crippen LogP contribution in [-0.2, 0) is 9.59 Å². The SMILES string of the molecule is CC(C)(C)C[C@H](NC(=O)c1nc2cc(F)ccc2[nH]1)C(=O)N[C@H](C#N)C[C@@H]1CCNC1=O. The van der Waals surface area contributed by atoms with Crippen LogP contribution in [0.25, 0.3) is 11.0 Å². The van der Waals surface area contributed by atoms with E-state index in [4.69, 9.17) is 0 Å². The Hall–Kier alpha value is -3.48.